The molecular weight excluding hydrogens is 1100 g/mol. The van der Waals surface area contributed by atoms with Crippen LogP contribution in [0.15, 0.2) is 80.3 Å². The van der Waals surface area contributed by atoms with Crippen molar-refractivity contribution in [3.63, 3.8) is 0 Å². The first-order valence-corrected chi connectivity index (χ1v) is 28.7. The Morgan fingerprint density at radius 3 is 1.43 bits per heavy atom. The summed E-state index contributed by atoms with van der Waals surface area (Å²) in [7, 11) is -2.58. The molecule has 77 heavy (non-hydrogen) atoms. The summed E-state index contributed by atoms with van der Waals surface area (Å²) in [5.74, 6) is -3.72. The molecule has 10 rings (SSSR count). The first kappa shape index (κ1) is 56.2. The minimum Gasteiger partial charge on any atom is -0.759 e. The molecule has 8 heterocycles. The number of aromatic nitrogens is 4. The summed E-state index contributed by atoms with van der Waals surface area (Å²) in [5.41, 5.74) is 17.9. The molecule has 26 nitrogen and oxygen atoms in total. The van der Waals surface area contributed by atoms with Crippen LogP contribution in [0.3, 0.4) is 0 Å². The van der Waals surface area contributed by atoms with Gasteiger partial charge >= 0.3 is 11.9 Å². The van der Waals surface area contributed by atoms with E-state index in [-0.39, 0.29) is 44.5 Å². The van der Waals surface area contributed by atoms with Crippen molar-refractivity contribution >= 4 is 114 Å². The number of hydrogen-bond donors (Lipinski definition) is 6. The lowest BCUT2D eigenvalue weighted by Crippen LogP contribution is -2.71. The van der Waals surface area contributed by atoms with Crippen LogP contribution in [0.1, 0.15) is 59.6 Å². The SMILES string of the molecule is CO/N=C(\C(=O)N[C@@H]1C(=O)N2C(C(=O)O)=C(C[n+]3cccc4c3CCCC4)CS[C@H]12)c1csc(N)n1.CO/N=C(\C(=O)N[C@@H]1C(=O)N2C(C(=O)O)=C(C[n+]3cccc4c3CCCC4)CS[C@H]12)c1csc(N)n1.O=S(=O)([O-])[O-]. The number of amides is 4. The topological polar surface area (TPSA) is 382 Å². The van der Waals surface area contributed by atoms with Crippen LogP contribution in [-0.2, 0) is 87.6 Å². The van der Waals surface area contributed by atoms with E-state index < -0.39 is 68.8 Å². The molecular formula is C46H50N12O14S5. The smallest absolute Gasteiger partial charge is 0.352 e. The van der Waals surface area contributed by atoms with Crippen molar-refractivity contribution in [1.82, 2.24) is 30.4 Å². The number of thiazole rings is 2. The third kappa shape index (κ3) is 12.6. The Morgan fingerprint density at radius 1 is 0.714 bits per heavy atom. The number of carbonyl (C=O) groups is 6. The van der Waals surface area contributed by atoms with E-state index in [2.05, 4.69) is 52.2 Å². The molecule has 0 spiro atoms. The number of carboxylic acids is 2. The molecule has 31 heteroatoms. The number of aliphatic carboxylic acids is 2. The van der Waals surface area contributed by atoms with Crippen molar-refractivity contribution in [2.75, 3.05) is 37.2 Å². The molecule has 0 unspecified atom stereocenters. The van der Waals surface area contributed by atoms with Gasteiger partial charge < -0.3 is 51.1 Å². The highest BCUT2D eigenvalue weighted by Gasteiger charge is 2.56. The lowest BCUT2D eigenvalue weighted by molar-refractivity contribution is -0.697. The second kappa shape index (κ2) is 24.1. The summed E-state index contributed by atoms with van der Waals surface area (Å²) in [4.78, 5) is 96.8. The van der Waals surface area contributed by atoms with Gasteiger partial charge in [-0.1, -0.05) is 10.3 Å². The largest absolute Gasteiger partial charge is 0.759 e. The van der Waals surface area contributed by atoms with Crippen molar-refractivity contribution in [2.24, 2.45) is 10.3 Å². The summed E-state index contributed by atoms with van der Waals surface area (Å²) < 4.78 is 38.3. The zero-order chi connectivity index (χ0) is 55.3. The fourth-order valence-corrected chi connectivity index (χ4v) is 13.4. The molecule has 0 aromatic carbocycles. The van der Waals surface area contributed by atoms with Gasteiger partial charge in [0.15, 0.2) is 58.6 Å². The molecule has 0 bridgehead atoms. The van der Waals surface area contributed by atoms with Crippen LogP contribution in [0.4, 0.5) is 10.3 Å². The van der Waals surface area contributed by atoms with Crippen molar-refractivity contribution < 1.29 is 75.3 Å². The number of nitrogen functional groups attached to an aromatic ring is 2. The first-order chi connectivity index (χ1) is 36.8. The maximum atomic E-state index is 13.1. The van der Waals surface area contributed by atoms with Gasteiger partial charge in [-0.3, -0.25) is 37.4 Å². The number of nitrogens with one attached hydrogen (secondary N) is 2. The molecule has 4 amide bonds. The van der Waals surface area contributed by atoms with Gasteiger partial charge in [0.2, 0.25) is 0 Å². The molecule has 4 atom stereocenters. The maximum absolute atomic E-state index is 13.1. The van der Waals surface area contributed by atoms with Crippen LogP contribution in [0.2, 0.25) is 0 Å². The van der Waals surface area contributed by atoms with Crippen molar-refractivity contribution in [2.45, 2.75) is 87.3 Å². The number of pyridine rings is 2. The number of fused-ring (bicyclic) bond motifs is 4. The van der Waals surface area contributed by atoms with E-state index in [4.69, 9.17) is 38.7 Å². The molecule has 6 aliphatic rings. The van der Waals surface area contributed by atoms with Gasteiger partial charge in [-0.05, 0) is 50.7 Å². The zero-order valence-electron chi connectivity index (χ0n) is 41.0. The zero-order valence-corrected chi connectivity index (χ0v) is 45.1. The summed E-state index contributed by atoms with van der Waals surface area (Å²) in [6.45, 7) is 0.808. The van der Waals surface area contributed by atoms with E-state index in [1.807, 2.05) is 24.5 Å². The summed E-state index contributed by atoms with van der Waals surface area (Å²) in [5, 5.41) is 35.5. The van der Waals surface area contributed by atoms with Gasteiger partial charge in [0, 0.05) is 79.9 Å². The second-order valence-electron chi connectivity index (χ2n) is 17.7. The van der Waals surface area contributed by atoms with Crippen molar-refractivity contribution in [3.05, 3.63) is 104 Å². The molecule has 4 aromatic heterocycles. The standard InChI is InChI=1S/2C23H24N6O5S2.H2O4S/c2*1-34-27-16(14-11-36-23(24)25-14)19(30)26-17-20(31)29-18(22(32)33)13(10-35-21(17)29)9-28-8-4-6-12-5-2-3-7-15(12)28;1-5(2,3)4/h2*4,6,8,11,17,21H,2-3,5,7,9-10H2,1H3,(H3-,24,25,26,30,32,33);(H2,1,2,3,4)/b2*27-16-;/t2*17-,21-;/m11./s1. The lowest BCUT2D eigenvalue weighted by atomic mass is 9.95. The Hall–Kier alpha value is -7.03. The third-order valence-corrected chi connectivity index (χ3v) is 16.9. The quantitative estimate of drug-likeness (QED) is 0.0242. The normalized spacial score (nSPS) is 20.8. The first-order valence-electron chi connectivity index (χ1n) is 23.5. The van der Waals surface area contributed by atoms with E-state index in [9.17, 15) is 39.0 Å². The number of rotatable bonds is 14. The van der Waals surface area contributed by atoms with Gasteiger partial charge in [0.1, 0.15) is 59.8 Å². The number of hydrogen-bond acceptors (Lipinski definition) is 22. The fourth-order valence-electron chi connectivity index (χ4n) is 9.67. The van der Waals surface area contributed by atoms with Crippen molar-refractivity contribution in [3.8, 4) is 0 Å². The summed E-state index contributed by atoms with van der Waals surface area (Å²) in [6, 6.07) is 6.42. The average Bonchev–Trinajstić information content (AvgIpc) is 4.09. The van der Waals surface area contributed by atoms with Crippen LogP contribution in [0.25, 0.3) is 0 Å². The number of anilines is 2. The van der Waals surface area contributed by atoms with Crippen LogP contribution in [0, 0.1) is 0 Å². The number of oxime groups is 2. The Morgan fingerprint density at radius 2 is 1.09 bits per heavy atom. The monoisotopic (exact) mass is 1150 g/mol. The Balaban J connectivity index is 0.000000187. The molecule has 0 saturated carbocycles. The van der Waals surface area contributed by atoms with E-state index in [0.29, 0.717) is 35.7 Å². The van der Waals surface area contributed by atoms with Gasteiger partial charge in [-0.25, -0.2) is 19.6 Å². The number of nitrogens with two attached hydrogens (primary N) is 2. The van der Waals surface area contributed by atoms with Crippen LogP contribution in [-0.4, -0.2) is 143 Å². The highest BCUT2D eigenvalue weighted by Crippen LogP contribution is 2.42. The van der Waals surface area contributed by atoms with Gasteiger partial charge in [0.25, 0.3) is 23.6 Å². The third-order valence-electron chi connectivity index (χ3n) is 12.9. The number of thioether (sulfide) groups is 2. The molecule has 4 aliphatic heterocycles. The van der Waals surface area contributed by atoms with E-state index in [1.54, 1.807) is 10.8 Å². The van der Waals surface area contributed by atoms with E-state index in [0.717, 1.165) is 74.0 Å². The van der Waals surface area contributed by atoms with Gasteiger partial charge in [-0.2, -0.15) is 9.13 Å². The number of aryl methyl sites for hydroxylation is 2. The van der Waals surface area contributed by atoms with Crippen LogP contribution in [0.5, 0.6) is 0 Å². The number of β-lactam (4-membered cyclic amide) rings is 2. The molecule has 4 aromatic rings. The van der Waals surface area contributed by atoms with Crippen molar-refractivity contribution in [1.29, 1.82) is 0 Å². The average molecular weight is 1160 g/mol. The Labute approximate surface area is 455 Å². The van der Waals surface area contributed by atoms with E-state index in [1.165, 1.54) is 70.1 Å². The predicted octanol–water partition coefficient (Wildman–Crippen LogP) is 0.0238. The van der Waals surface area contributed by atoms with Gasteiger partial charge in [0.05, 0.1) is 0 Å². The minimum absolute atomic E-state index is 0.00628. The molecule has 2 saturated heterocycles. The number of nitrogens with zero attached hydrogens (tertiary/aromatic N) is 8. The predicted molar refractivity (Wildman–Crippen MR) is 277 cm³/mol. The summed E-state index contributed by atoms with van der Waals surface area (Å²) >= 11 is 5.15. The minimum atomic E-state index is -5.17. The van der Waals surface area contributed by atoms with Crippen LogP contribution >= 0.6 is 46.2 Å². The molecule has 0 radical (unpaired) electrons. The molecule has 8 N–H and O–H groups in total. The van der Waals surface area contributed by atoms with Crippen LogP contribution < -0.4 is 31.2 Å². The highest BCUT2D eigenvalue weighted by atomic mass is 32.3. The Kier molecular flexibility index (Phi) is 17.6. The summed E-state index contributed by atoms with van der Waals surface area (Å²) in [6.07, 6.45) is 12.4. The lowest BCUT2D eigenvalue weighted by Gasteiger charge is -2.49. The molecule has 408 valence electrons. The maximum Gasteiger partial charge on any atom is 0.352 e. The molecule has 2 aliphatic carbocycles. The van der Waals surface area contributed by atoms with Gasteiger partial charge in [-0.15, -0.1) is 46.2 Å². The number of carboxylic acid groups (broad SMARTS) is 2. The number of carbonyl (C=O) groups excluding carboxylic acids is 4. The van der Waals surface area contributed by atoms with E-state index >= 15 is 0 Å². The molecule has 2 fully saturated rings. The second-order valence-corrected chi connectivity index (χ2v) is 22.5. The highest BCUT2D eigenvalue weighted by molar-refractivity contribution is 8.00. The fraction of sp³-hybridized carbons (Fsp3) is 0.391. The Bertz CT molecular complexity index is 3060.